The first kappa shape index (κ1) is 23.9. The summed E-state index contributed by atoms with van der Waals surface area (Å²) in [6, 6.07) is 9.66. The summed E-state index contributed by atoms with van der Waals surface area (Å²) in [7, 11) is 1.56. The van der Waals surface area contributed by atoms with Crippen LogP contribution >= 0.6 is 0 Å². The van der Waals surface area contributed by atoms with Crippen molar-refractivity contribution in [2.24, 2.45) is 12.8 Å². The molecule has 0 saturated heterocycles. The molecule has 9 heteroatoms. The number of nitrogens with two attached hydrogens (primary N) is 1. The molecule has 4 aromatic rings. The summed E-state index contributed by atoms with van der Waals surface area (Å²) < 4.78 is 31.3. The first-order chi connectivity index (χ1) is 17.3. The standard InChI is InChI=1S/C27H17F2N5O2/c1-33-12-5-8-22(27(33)36)19(23-14-18(28)9-10-24(23)29)6-3-2-4-7-20-21(26(31)35)11-13-34-25(20)17(15-30)16-32-34/h5,8-14,16,19H,6H2,1H3,(H2,31,35). The van der Waals surface area contributed by atoms with Crippen LogP contribution in [0.2, 0.25) is 0 Å². The minimum Gasteiger partial charge on any atom is -0.366 e. The van der Waals surface area contributed by atoms with Crippen molar-refractivity contribution in [2.75, 3.05) is 0 Å². The zero-order chi connectivity index (χ0) is 25.8. The first-order valence-electron chi connectivity index (χ1n) is 10.6. The van der Waals surface area contributed by atoms with Gasteiger partial charge in [-0.15, -0.1) is 0 Å². The monoisotopic (exact) mass is 481 g/mol. The molecule has 176 valence electrons. The molecule has 1 amide bonds. The van der Waals surface area contributed by atoms with Crippen molar-refractivity contribution in [3.63, 3.8) is 0 Å². The van der Waals surface area contributed by atoms with Crippen molar-refractivity contribution >= 4 is 11.4 Å². The molecule has 7 nitrogen and oxygen atoms in total. The molecule has 1 aromatic carbocycles. The van der Waals surface area contributed by atoms with Crippen LogP contribution in [0.5, 0.6) is 0 Å². The van der Waals surface area contributed by atoms with Gasteiger partial charge >= 0.3 is 0 Å². The number of hydrogen-bond donors (Lipinski definition) is 1. The number of fused-ring (bicyclic) bond motifs is 1. The zero-order valence-corrected chi connectivity index (χ0v) is 18.9. The lowest BCUT2D eigenvalue weighted by Gasteiger charge is -2.16. The molecule has 0 bridgehead atoms. The Kier molecular flexibility index (Phi) is 6.63. The number of nitriles is 1. The first-order valence-corrected chi connectivity index (χ1v) is 10.6. The molecule has 0 aliphatic rings. The van der Waals surface area contributed by atoms with Gasteiger partial charge in [-0.05, 0) is 53.7 Å². The molecular weight excluding hydrogens is 464 g/mol. The van der Waals surface area contributed by atoms with E-state index < -0.39 is 23.5 Å². The predicted octanol–water partition coefficient (Wildman–Crippen LogP) is 2.86. The van der Waals surface area contributed by atoms with Gasteiger partial charge in [0.05, 0.1) is 22.9 Å². The number of benzene rings is 1. The molecular formula is C27H17F2N5O2. The zero-order valence-electron chi connectivity index (χ0n) is 18.9. The van der Waals surface area contributed by atoms with E-state index in [1.807, 2.05) is 6.07 Å². The van der Waals surface area contributed by atoms with Crippen molar-refractivity contribution in [1.29, 1.82) is 5.26 Å². The van der Waals surface area contributed by atoms with Crippen LogP contribution in [0.15, 0.2) is 59.8 Å². The lowest BCUT2D eigenvalue weighted by Crippen LogP contribution is -2.23. The second kappa shape index (κ2) is 9.97. The Morgan fingerprint density at radius 3 is 2.72 bits per heavy atom. The highest BCUT2D eigenvalue weighted by atomic mass is 19.1. The topological polar surface area (TPSA) is 106 Å². The molecule has 0 saturated carbocycles. The minimum absolute atomic E-state index is 0.000682. The van der Waals surface area contributed by atoms with Crippen LogP contribution in [0.1, 0.15) is 45.0 Å². The van der Waals surface area contributed by atoms with Crippen molar-refractivity contribution in [3.8, 4) is 29.8 Å². The predicted molar refractivity (Wildman–Crippen MR) is 128 cm³/mol. The van der Waals surface area contributed by atoms with Crippen LogP contribution in [0.4, 0.5) is 8.78 Å². The molecule has 4 rings (SSSR count). The summed E-state index contributed by atoms with van der Waals surface area (Å²) >= 11 is 0. The molecule has 0 spiro atoms. The van der Waals surface area contributed by atoms with E-state index in [0.29, 0.717) is 5.52 Å². The van der Waals surface area contributed by atoms with Gasteiger partial charge in [-0.2, -0.15) is 10.4 Å². The fourth-order valence-corrected chi connectivity index (χ4v) is 3.84. The van der Waals surface area contributed by atoms with E-state index in [2.05, 4.69) is 28.8 Å². The van der Waals surface area contributed by atoms with E-state index >= 15 is 0 Å². The van der Waals surface area contributed by atoms with Gasteiger partial charge in [0, 0.05) is 37.3 Å². The van der Waals surface area contributed by atoms with Gasteiger partial charge in [-0.3, -0.25) is 9.59 Å². The number of hydrogen-bond acceptors (Lipinski definition) is 4. The highest BCUT2D eigenvalue weighted by Crippen LogP contribution is 2.28. The highest BCUT2D eigenvalue weighted by Gasteiger charge is 2.21. The van der Waals surface area contributed by atoms with E-state index in [4.69, 9.17) is 5.73 Å². The third-order valence-corrected chi connectivity index (χ3v) is 5.58. The van der Waals surface area contributed by atoms with Gasteiger partial charge in [-0.1, -0.05) is 12.0 Å². The number of amides is 1. The van der Waals surface area contributed by atoms with E-state index in [9.17, 15) is 23.6 Å². The van der Waals surface area contributed by atoms with Crippen LogP contribution < -0.4 is 11.3 Å². The van der Waals surface area contributed by atoms with Gasteiger partial charge in [0.15, 0.2) is 0 Å². The number of carbonyl (C=O) groups excluding carboxylic acids is 1. The largest absolute Gasteiger partial charge is 0.366 e. The fraction of sp³-hybridized carbons (Fsp3) is 0.111. The number of aromatic nitrogens is 3. The van der Waals surface area contributed by atoms with E-state index in [-0.39, 0.29) is 39.8 Å². The number of primary amides is 1. The van der Waals surface area contributed by atoms with Crippen molar-refractivity contribution in [2.45, 2.75) is 12.3 Å². The van der Waals surface area contributed by atoms with Crippen LogP contribution in [-0.2, 0) is 7.05 Å². The fourth-order valence-electron chi connectivity index (χ4n) is 3.84. The molecule has 1 atom stereocenters. The van der Waals surface area contributed by atoms with Gasteiger partial charge in [0.2, 0.25) is 5.91 Å². The summed E-state index contributed by atoms with van der Waals surface area (Å²) in [6.45, 7) is 0. The third-order valence-electron chi connectivity index (χ3n) is 5.58. The summed E-state index contributed by atoms with van der Waals surface area (Å²) in [6.07, 6.45) is 4.36. The number of aryl methyl sites for hydroxylation is 1. The quantitative estimate of drug-likeness (QED) is 0.453. The molecule has 2 N–H and O–H groups in total. The Morgan fingerprint density at radius 1 is 1.17 bits per heavy atom. The normalized spacial score (nSPS) is 11.1. The van der Waals surface area contributed by atoms with Crippen LogP contribution in [0.3, 0.4) is 0 Å². The summed E-state index contributed by atoms with van der Waals surface area (Å²) in [5.41, 5.74) is 6.17. The van der Waals surface area contributed by atoms with Crippen molar-refractivity contribution < 1.29 is 13.6 Å². The number of halogens is 2. The molecule has 0 aliphatic carbocycles. The number of pyridine rings is 2. The molecule has 3 aromatic heterocycles. The molecule has 3 heterocycles. The lowest BCUT2D eigenvalue weighted by molar-refractivity contribution is 0.1000. The summed E-state index contributed by atoms with van der Waals surface area (Å²) in [5, 5.41) is 13.4. The molecule has 0 radical (unpaired) electrons. The second-order valence-corrected chi connectivity index (χ2v) is 7.79. The average molecular weight is 481 g/mol. The van der Waals surface area contributed by atoms with Gasteiger partial charge in [0.1, 0.15) is 23.2 Å². The number of nitrogens with zero attached hydrogens (tertiary/aromatic N) is 4. The Bertz CT molecular complexity index is 1740. The molecule has 0 aliphatic heterocycles. The highest BCUT2D eigenvalue weighted by molar-refractivity contribution is 5.98. The van der Waals surface area contributed by atoms with Crippen molar-refractivity contribution in [3.05, 3.63) is 105 Å². The van der Waals surface area contributed by atoms with Gasteiger partial charge in [0.25, 0.3) is 5.56 Å². The van der Waals surface area contributed by atoms with Crippen LogP contribution in [-0.4, -0.2) is 20.1 Å². The minimum atomic E-state index is -0.848. The SMILES string of the molecule is Cn1cccc(C(CC#CC#Cc2c(C(N)=O)ccn3ncc(C#N)c23)c2cc(F)ccc2F)c1=O. The Morgan fingerprint density at radius 2 is 1.97 bits per heavy atom. The second-order valence-electron chi connectivity index (χ2n) is 7.79. The average Bonchev–Trinajstić information content (AvgIpc) is 3.28. The smallest absolute Gasteiger partial charge is 0.254 e. The van der Waals surface area contributed by atoms with E-state index in [1.54, 1.807) is 25.4 Å². The molecule has 1 unspecified atom stereocenters. The maximum absolute atomic E-state index is 14.6. The Labute approximate surface area is 204 Å². The van der Waals surface area contributed by atoms with Crippen molar-refractivity contribution in [1.82, 2.24) is 14.2 Å². The summed E-state index contributed by atoms with van der Waals surface area (Å²) in [4.78, 5) is 24.6. The third kappa shape index (κ3) is 4.57. The summed E-state index contributed by atoms with van der Waals surface area (Å²) in [5.74, 6) is 7.92. The Hall–Kier alpha value is -5.20. The maximum atomic E-state index is 14.6. The number of carbonyl (C=O) groups is 1. The van der Waals surface area contributed by atoms with Gasteiger partial charge < -0.3 is 10.3 Å². The van der Waals surface area contributed by atoms with E-state index in [0.717, 1.165) is 18.2 Å². The van der Waals surface area contributed by atoms with E-state index in [1.165, 1.54) is 27.5 Å². The Balaban J connectivity index is 1.75. The number of rotatable bonds is 4. The van der Waals surface area contributed by atoms with Crippen LogP contribution in [0.25, 0.3) is 5.52 Å². The maximum Gasteiger partial charge on any atom is 0.254 e. The van der Waals surface area contributed by atoms with Crippen LogP contribution in [0, 0.1) is 46.6 Å². The molecule has 0 fully saturated rings. The van der Waals surface area contributed by atoms with Gasteiger partial charge in [-0.25, -0.2) is 13.3 Å². The molecule has 36 heavy (non-hydrogen) atoms. The lowest BCUT2D eigenvalue weighted by atomic mass is 9.89.